The molecule has 2 aromatic rings. The lowest BCUT2D eigenvalue weighted by Gasteiger charge is -2.16. The van der Waals surface area contributed by atoms with Gasteiger partial charge in [-0.25, -0.2) is 15.0 Å². The van der Waals surface area contributed by atoms with Gasteiger partial charge in [-0.1, -0.05) is 0 Å². The number of rotatable bonds is 7. The SMILES string of the molecule is C[S+](CC[C@H](N)C(=O)[O-])C[C@@H]1O[C@@H](n2cnc3c(N)ncnc32)[C@H](O)[C@@H]1O. The van der Waals surface area contributed by atoms with Gasteiger partial charge in [-0.2, -0.15) is 0 Å². The molecule has 1 aliphatic rings. The Hall–Kier alpha value is -1.99. The summed E-state index contributed by atoms with van der Waals surface area (Å²) >= 11 is 0. The number of nitrogen functional groups attached to an aromatic ring is 1. The van der Waals surface area contributed by atoms with E-state index in [2.05, 4.69) is 15.0 Å². The van der Waals surface area contributed by atoms with Crippen molar-refractivity contribution in [3.63, 3.8) is 0 Å². The highest BCUT2D eigenvalue weighted by Gasteiger charge is 2.46. The number of anilines is 1. The van der Waals surface area contributed by atoms with E-state index >= 15 is 0 Å². The van der Waals surface area contributed by atoms with Crippen molar-refractivity contribution in [3.8, 4) is 0 Å². The Bertz CT molecular complexity index is 819. The Kier molecular flexibility index (Phi) is 5.81. The lowest BCUT2D eigenvalue weighted by Crippen LogP contribution is -2.43. The third-order valence-corrected chi connectivity index (χ3v) is 6.36. The number of hydrogen-bond donors (Lipinski definition) is 4. The van der Waals surface area contributed by atoms with Crippen molar-refractivity contribution in [1.82, 2.24) is 19.5 Å². The molecule has 11 nitrogen and oxygen atoms in total. The number of aliphatic hydroxyl groups excluding tert-OH is 2. The van der Waals surface area contributed by atoms with Gasteiger partial charge in [0.1, 0.15) is 41.7 Å². The molecule has 2 aromatic heterocycles. The topological polar surface area (TPSA) is 185 Å². The van der Waals surface area contributed by atoms with Crippen LogP contribution in [0.5, 0.6) is 0 Å². The van der Waals surface area contributed by atoms with Gasteiger partial charge >= 0.3 is 0 Å². The molecule has 1 unspecified atom stereocenters. The summed E-state index contributed by atoms with van der Waals surface area (Å²) < 4.78 is 7.39. The minimum atomic E-state index is -1.28. The van der Waals surface area contributed by atoms with Crippen LogP contribution in [-0.2, 0) is 20.4 Å². The van der Waals surface area contributed by atoms with E-state index in [9.17, 15) is 20.1 Å². The molecule has 0 spiro atoms. The van der Waals surface area contributed by atoms with Crippen LogP contribution in [0.15, 0.2) is 12.7 Å². The van der Waals surface area contributed by atoms with E-state index in [0.29, 0.717) is 22.7 Å². The molecule has 6 atom stereocenters. The summed E-state index contributed by atoms with van der Waals surface area (Å²) in [5, 5.41) is 31.5. The van der Waals surface area contributed by atoms with Crippen LogP contribution in [0, 0.1) is 0 Å². The van der Waals surface area contributed by atoms with Crippen molar-refractivity contribution >= 4 is 33.8 Å². The van der Waals surface area contributed by atoms with Gasteiger partial charge in [-0.05, 0) is 10.9 Å². The number of fused-ring (bicyclic) bond motifs is 1. The normalized spacial score (nSPS) is 27.7. The number of aromatic nitrogens is 4. The summed E-state index contributed by atoms with van der Waals surface area (Å²) in [6.45, 7) is 0. The fourth-order valence-electron chi connectivity index (χ4n) is 2.96. The Morgan fingerprint density at radius 1 is 1.41 bits per heavy atom. The number of carboxylic acid groups (broad SMARTS) is 1. The van der Waals surface area contributed by atoms with Gasteiger partial charge in [-0.3, -0.25) is 4.57 Å². The second kappa shape index (κ2) is 7.94. The quantitative estimate of drug-likeness (QED) is 0.345. The largest absolute Gasteiger partial charge is 0.548 e. The standard InChI is InChI=1S/C15H22N6O5S/c1-27(3-2-7(16)15(24)25)4-8-10(22)11(23)14(26-8)21-6-20-9-12(17)18-5-19-13(9)21/h5-8,10-11,14,22-23H,2-4,16H2,1H3,(H2-,17,18,19,24,25)/t7-,8-,10+,11+,14+,27?/m0/s1. The second-order valence-corrected chi connectivity index (χ2v) is 8.80. The van der Waals surface area contributed by atoms with E-state index in [0.717, 1.165) is 0 Å². The number of ether oxygens (including phenoxy) is 1. The number of nitrogens with zero attached hydrogens (tertiary/aromatic N) is 4. The lowest BCUT2D eigenvalue weighted by atomic mass is 10.1. The van der Waals surface area contributed by atoms with Gasteiger partial charge in [0, 0.05) is 12.5 Å². The number of carboxylic acids is 1. The zero-order chi connectivity index (χ0) is 19.7. The molecule has 6 N–H and O–H groups in total. The van der Waals surface area contributed by atoms with Gasteiger partial charge in [0.05, 0.1) is 18.6 Å². The number of aliphatic carboxylic acids is 1. The summed E-state index contributed by atoms with van der Waals surface area (Å²) in [6.07, 6.45) is 1.17. The van der Waals surface area contributed by atoms with Crippen molar-refractivity contribution in [2.45, 2.75) is 37.0 Å². The summed E-state index contributed by atoms with van der Waals surface area (Å²) in [5.74, 6) is -0.0611. The third kappa shape index (κ3) is 3.99. The molecule has 27 heavy (non-hydrogen) atoms. The Balaban J connectivity index is 1.68. The molecule has 0 radical (unpaired) electrons. The fourth-order valence-corrected chi connectivity index (χ4v) is 4.62. The smallest absolute Gasteiger partial charge is 0.167 e. The van der Waals surface area contributed by atoms with E-state index in [1.165, 1.54) is 17.2 Å². The first-order valence-corrected chi connectivity index (χ1v) is 10.3. The molecule has 1 fully saturated rings. The highest BCUT2D eigenvalue weighted by molar-refractivity contribution is 7.96. The zero-order valence-electron chi connectivity index (χ0n) is 14.6. The molecule has 12 heteroatoms. The zero-order valence-corrected chi connectivity index (χ0v) is 15.5. The highest BCUT2D eigenvalue weighted by atomic mass is 32.2. The van der Waals surface area contributed by atoms with Crippen LogP contribution >= 0.6 is 0 Å². The molecule has 1 aliphatic heterocycles. The highest BCUT2D eigenvalue weighted by Crippen LogP contribution is 2.32. The van der Waals surface area contributed by atoms with Crippen molar-refractivity contribution in [2.24, 2.45) is 5.73 Å². The second-order valence-electron chi connectivity index (χ2n) is 6.50. The predicted octanol–water partition coefficient (Wildman–Crippen LogP) is -3.26. The number of hydrogen-bond acceptors (Lipinski definition) is 10. The average molecular weight is 398 g/mol. The molecule has 0 amide bonds. The maximum atomic E-state index is 10.7. The summed E-state index contributed by atoms with van der Waals surface area (Å²) in [5.41, 5.74) is 12.0. The molecule has 0 bridgehead atoms. The van der Waals surface area contributed by atoms with Crippen LogP contribution in [-0.4, -0.2) is 77.8 Å². The predicted molar refractivity (Wildman–Crippen MR) is 96.3 cm³/mol. The Morgan fingerprint density at radius 3 is 2.85 bits per heavy atom. The summed E-state index contributed by atoms with van der Waals surface area (Å²) in [7, 11) is -0.263. The molecule has 0 aromatic carbocycles. The van der Waals surface area contributed by atoms with E-state index < -0.39 is 36.6 Å². The summed E-state index contributed by atoms with van der Waals surface area (Å²) in [6, 6.07) is -1.02. The van der Waals surface area contributed by atoms with Crippen LogP contribution in [0.3, 0.4) is 0 Å². The van der Waals surface area contributed by atoms with Gasteiger partial charge in [0.15, 0.2) is 17.7 Å². The monoisotopic (exact) mass is 398 g/mol. The molecule has 3 rings (SSSR count). The summed E-state index contributed by atoms with van der Waals surface area (Å²) in [4.78, 5) is 22.8. The van der Waals surface area contributed by atoms with Crippen molar-refractivity contribution in [2.75, 3.05) is 23.5 Å². The van der Waals surface area contributed by atoms with Crippen molar-refractivity contribution in [3.05, 3.63) is 12.7 Å². The number of imidazole rings is 1. The minimum absolute atomic E-state index is 0.211. The maximum absolute atomic E-state index is 10.7. The molecule has 148 valence electrons. The maximum Gasteiger partial charge on any atom is 0.167 e. The van der Waals surface area contributed by atoms with Crippen LogP contribution in [0.1, 0.15) is 12.6 Å². The molecule has 0 saturated carbocycles. The van der Waals surface area contributed by atoms with E-state index in [4.69, 9.17) is 16.2 Å². The molecule has 1 saturated heterocycles. The Morgan fingerprint density at radius 2 is 2.15 bits per heavy atom. The number of carbonyl (C=O) groups excluding carboxylic acids is 1. The van der Waals surface area contributed by atoms with E-state index in [1.54, 1.807) is 0 Å². The average Bonchev–Trinajstić information content (AvgIpc) is 3.17. The van der Waals surface area contributed by atoms with Crippen LogP contribution < -0.4 is 16.6 Å². The molecule has 0 aliphatic carbocycles. The van der Waals surface area contributed by atoms with Gasteiger partial charge in [-0.15, -0.1) is 0 Å². The van der Waals surface area contributed by atoms with Crippen molar-refractivity contribution < 1.29 is 24.9 Å². The third-order valence-electron chi connectivity index (χ3n) is 4.53. The molecular formula is C15H22N6O5S. The van der Waals surface area contributed by atoms with Crippen LogP contribution in [0.25, 0.3) is 11.2 Å². The van der Waals surface area contributed by atoms with E-state index in [-0.39, 0.29) is 23.1 Å². The first kappa shape index (κ1) is 19.8. The first-order valence-electron chi connectivity index (χ1n) is 8.29. The van der Waals surface area contributed by atoms with E-state index in [1.807, 2.05) is 6.26 Å². The lowest BCUT2D eigenvalue weighted by molar-refractivity contribution is -0.307. The van der Waals surface area contributed by atoms with Gasteiger partial charge in [0.2, 0.25) is 0 Å². The fraction of sp³-hybridized carbons (Fsp3) is 0.600. The number of nitrogens with two attached hydrogens (primary N) is 2. The molecule has 3 heterocycles. The number of aliphatic hydroxyl groups is 2. The minimum Gasteiger partial charge on any atom is -0.548 e. The Labute approximate surface area is 157 Å². The van der Waals surface area contributed by atoms with Crippen molar-refractivity contribution in [1.29, 1.82) is 0 Å². The van der Waals surface area contributed by atoms with Crippen LogP contribution in [0.2, 0.25) is 0 Å². The van der Waals surface area contributed by atoms with Gasteiger partial charge < -0.3 is 36.3 Å². The first-order chi connectivity index (χ1) is 12.8. The molecular weight excluding hydrogens is 376 g/mol. The van der Waals surface area contributed by atoms with Gasteiger partial charge in [0.25, 0.3) is 0 Å². The van der Waals surface area contributed by atoms with Crippen LogP contribution in [0.4, 0.5) is 5.82 Å². The number of carbonyl (C=O) groups is 1.